The highest BCUT2D eigenvalue weighted by Crippen LogP contribution is 2.30. The van der Waals surface area contributed by atoms with Gasteiger partial charge < -0.3 is 15.2 Å². The number of carbonyl (C=O) groups is 1. The van der Waals surface area contributed by atoms with E-state index < -0.39 is 0 Å². The number of nitrogens with zero attached hydrogens (tertiary/aromatic N) is 6. The number of anilines is 1. The highest BCUT2D eigenvalue weighted by molar-refractivity contribution is 5.93. The first-order valence-corrected chi connectivity index (χ1v) is 10.6. The van der Waals surface area contributed by atoms with Gasteiger partial charge in [-0.2, -0.15) is 4.98 Å². The molecule has 0 spiro atoms. The van der Waals surface area contributed by atoms with Crippen molar-refractivity contribution >= 4 is 28.5 Å². The quantitative estimate of drug-likeness (QED) is 0.528. The second-order valence-electron chi connectivity index (χ2n) is 8.48. The first kappa shape index (κ1) is 19.5. The lowest BCUT2D eigenvalue weighted by molar-refractivity contribution is -0.133. The van der Waals surface area contributed by atoms with E-state index in [1.807, 2.05) is 56.1 Å². The molecule has 160 valence electrons. The van der Waals surface area contributed by atoms with Crippen molar-refractivity contribution in [3.8, 4) is 11.1 Å². The third-order valence-electron chi connectivity index (χ3n) is 6.17. The van der Waals surface area contributed by atoms with E-state index in [4.69, 9.17) is 0 Å². The van der Waals surface area contributed by atoms with Gasteiger partial charge in [0.2, 0.25) is 11.9 Å². The van der Waals surface area contributed by atoms with Crippen LogP contribution < -0.4 is 5.32 Å². The topological polar surface area (TPSA) is 104 Å². The largest absolute Gasteiger partial charge is 0.351 e. The van der Waals surface area contributed by atoms with Crippen molar-refractivity contribution < 1.29 is 4.79 Å². The van der Waals surface area contributed by atoms with Crippen LogP contribution in [0.5, 0.6) is 0 Å². The van der Waals surface area contributed by atoms with E-state index >= 15 is 0 Å². The highest BCUT2D eigenvalue weighted by atomic mass is 16.2. The molecule has 4 heterocycles. The Balaban J connectivity index is 1.33. The minimum atomic E-state index is 0.133. The Hall–Kier alpha value is -3.49. The molecular formula is C22H26N8O. The number of hydrogen-bond donors (Lipinski definition) is 2. The highest BCUT2D eigenvalue weighted by Gasteiger charge is 2.27. The van der Waals surface area contributed by atoms with Gasteiger partial charge in [0.05, 0.1) is 0 Å². The summed E-state index contributed by atoms with van der Waals surface area (Å²) in [4.78, 5) is 26.4. The van der Waals surface area contributed by atoms with Gasteiger partial charge in [-0.1, -0.05) is 0 Å². The second kappa shape index (κ2) is 7.64. The molecule has 0 atom stereocenters. The Labute approximate surface area is 179 Å². The number of carbonyl (C=O) groups excluding carboxylic acids is 1. The number of aromatic nitrogens is 6. The first-order chi connectivity index (χ1) is 15.0. The van der Waals surface area contributed by atoms with Gasteiger partial charge in [-0.3, -0.25) is 9.20 Å². The van der Waals surface area contributed by atoms with Crippen molar-refractivity contribution in [2.24, 2.45) is 5.92 Å². The summed E-state index contributed by atoms with van der Waals surface area (Å²) in [5.74, 6) is 1.83. The van der Waals surface area contributed by atoms with E-state index in [1.54, 1.807) is 4.90 Å². The number of hydrogen-bond acceptors (Lipinski definition) is 6. The van der Waals surface area contributed by atoms with Gasteiger partial charge >= 0.3 is 0 Å². The van der Waals surface area contributed by atoms with E-state index in [0.29, 0.717) is 5.95 Å². The molecule has 0 aliphatic heterocycles. The van der Waals surface area contributed by atoms with Gasteiger partial charge in [0.15, 0.2) is 5.65 Å². The number of pyridine rings is 1. The zero-order valence-electron chi connectivity index (χ0n) is 18.0. The van der Waals surface area contributed by atoms with Crippen LogP contribution >= 0.6 is 0 Å². The fourth-order valence-electron chi connectivity index (χ4n) is 4.41. The Morgan fingerprint density at radius 1 is 1.19 bits per heavy atom. The molecule has 1 fully saturated rings. The molecule has 0 radical (unpaired) electrons. The lowest BCUT2D eigenvalue weighted by Crippen LogP contribution is -2.35. The summed E-state index contributed by atoms with van der Waals surface area (Å²) < 4.78 is 1.97. The van der Waals surface area contributed by atoms with Crippen molar-refractivity contribution in [2.45, 2.75) is 38.6 Å². The third kappa shape index (κ3) is 3.60. The average molecular weight is 419 g/mol. The van der Waals surface area contributed by atoms with Gasteiger partial charge in [0.1, 0.15) is 11.5 Å². The number of nitrogens with one attached hydrogen (secondary N) is 2. The monoisotopic (exact) mass is 418 g/mol. The SMILES string of the molecule is Cc1nnc2ccc(-c3c[nH]c4nc(N[C@H]5CC[C@@H](C(=O)N(C)C)CC5)ncc34)cn12. The maximum Gasteiger partial charge on any atom is 0.225 e. The molecule has 31 heavy (non-hydrogen) atoms. The fraction of sp³-hybridized carbons (Fsp3) is 0.409. The van der Waals surface area contributed by atoms with Crippen molar-refractivity contribution in [2.75, 3.05) is 19.4 Å². The molecule has 1 amide bonds. The maximum absolute atomic E-state index is 12.2. The molecule has 4 aromatic rings. The van der Waals surface area contributed by atoms with E-state index in [2.05, 4.69) is 30.5 Å². The molecule has 9 nitrogen and oxygen atoms in total. The molecule has 0 unspecified atom stereocenters. The van der Waals surface area contributed by atoms with E-state index in [1.165, 1.54) is 0 Å². The van der Waals surface area contributed by atoms with Crippen LogP contribution in [0.3, 0.4) is 0 Å². The normalized spacial score (nSPS) is 19.1. The number of aromatic amines is 1. The molecule has 4 aromatic heterocycles. The molecule has 9 heteroatoms. The lowest BCUT2D eigenvalue weighted by Gasteiger charge is -2.29. The van der Waals surface area contributed by atoms with Gasteiger partial charge in [0, 0.05) is 61.2 Å². The Kier molecular flexibility index (Phi) is 4.80. The van der Waals surface area contributed by atoms with Crippen molar-refractivity contribution in [1.82, 2.24) is 34.4 Å². The molecule has 1 aliphatic carbocycles. The zero-order valence-corrected chi connectivity index (χ0v) is 18.0. The molecule has 1 saturated carbocycles. The Morgan fingerprint density at radius 3 is 2.77 bits per heavy atom. The molecule has 5 rings (SSSR count). The van der Waals surface area contributed by atoms with E-state index in [-0.39, 0.29) is 17.9 Å². The first-order valence-electron chi connectivity index (χ1n) is 10.6. The van der Waals surface area contributed by atoms with Crippen LogP contribution in [-0.4, -0.2) is 60.5 Å². The van der Waals surface area contributed by atoms with Crippen LogP contribution in [0, 0.1) is 12.8 Å². The molecule has 0 bridgehead atoms. The number of fused-ring (bicyclic) bond motifs is 2. The van der Waals surface area contributed by atoms with Crippen LogP contribution in [-0.2, 0) is 4.79 Å². The van der Waals surface area contributed by atoms with Crippen molar-refractivity contribution in [1.29, 1.82) is 0 Å². The molecule has 0 saturated heterocycles. The molecule has 1 aliphatic rings. The van der Waals surface area contributed by atoms with Gasteiger partial charge in [-0.15, -0.1) is 10.2 Å². The van der Waals surface area contributed by atoms with Gasteiger partial charge in [0.25, 0.3) is 0 Å². The van der Waals surface area contributed by atoms with Crippen LogP contribution in [0.4, 0.5) is 5.95 Å². The van der Waals surface area contributed by atoms with Crippen LogP contribution in [0.15, 0.2) is 30.7 Å². The van der Waals surface area contributed by atoms with E-state index in [0.717, 1.165) is 59.3 Å². The molecule has 0 aromatic carbocycles. The maximum atomic E-state index is 12.2. The zero-order chi connectivity index (χ0) is 21.5. The average Bonchev–Trinajstić information content (AvgIpc) is 3.36. The lowest BCUT2D eigenvalue weighted by atomic mass is 9.85. The standard InChI is InChI=1S/C22H26N8O/c1-13-27-28-19-9-6-15(12-30(13)19)17-10-23-20-18(17)11-24-22(26-20)25-16-7-4-14(5-8-16)21(31)29(2)3/h6,9-12,14,16H,4-5,7-8H2,1-3H3,(H2,23,24,25,26)/t14-,16+. The minimum Gasteiger partial charge on any atom is -0.351 e. The van der Waals surface area contributed by atoms with Crippen molar-refractivity contribution in [3.63, 3.8) is 0 Å². The van der Waals surface area contributed by atoms with Crippen LogP contribution in [0.25, 0.3) is 27.8 Å². The van der Waals surface area contributed by atoms with Gasteiger partial charge in [-0.25, -0.2) is 4.98 Å². The predicted octanol–water partition coefficient (Wildman–Crippen LogP) is 3.03. The predicted molar refractivity (Wildman–Crippen MR) is 119 cm³/mol. The van der Waals surface area contributed by atoms with E-state index in [9.17, 15) is 4.79 Å². The molecular weight excluding hydrogens is 392 g/mol. The summed E-state index contributed by atoms with van der Waals surface area (Å²) in [5, 5.41) is 12.7. The summed E-state index contributed by atoms with van der Waals surface area (Å²) in [6.45, 7) is 1.93. The third-order valence-corrected chi connectivity index (χ3v) is 6.17. The number of aryl methyl sites for hydroxylation is 1. The summed E-state index contributed by atoms with van der Waals surface area (Å²) in [5.41, 5.74) is 3.71. The Morgan fingerprint density at radius 2 is 2.00 bits per heavy atom. The fourth-order valence-corrected chi connectivity index (χ4v) is 4.41. The van der Waals surface area contributed by atoms with Crippen LogP contribution in [0.2, 0.25) is 0 Å². The van der Waals surface area contributed by atoms with Crippen molar-refractivity contribution in [3.05, 3.63) is 36.5 Å². The van der Waals surface area contributed by atoms with Crippen LogP contribution in [0.1, 0.15) is 31.5 Å². The smallest absolute Gasteiger partial charge is 0.225 e. The number of amides is 1. The van der Waals surface area contributed by atoms with Gasteiger partial charge in [-0.05, 0) is 44.7 Å². The summed E-state index contributed by atoms with van der Waals surface area (Å²) in [6.07, 6.45) is 9.54. The summed E-state index contributed by atoms with van der Waals surface area (Å²) >= 11 is 0. The minimum absolute atomic E-state index is 0.133. The number of rotatable bonds is 4. The number of H-pyrrole nitrogens is 1. The molecule has 2 N–H and O–H groups in total. The summed E-state index contributed by atoms with van der Waals surface area (Å²) in [6, 6.07) is 4.28. The summed E-state index contributed by atoms with van der Waals surface area (Å²) in [7, 11) is 3.65. The second-order valence-corrected chi connectivity index (χ2v) is 8.48. The Bertz CT molecular complexity index is 1250.